The third-order valence-electron chi connectivity index (χ3n) is 2.78. The first-order valence-corrected chi connectivity index (χ1v) is 6.07. The molecule has 2 rings (SSSR count). The quantitative estimate of drug-likeness (QED) is 0.470. The molecule has 0 unspecified atom stereocenters. The number of carbonyl (C=O) groups excluding carboxylic acids is 2. The zero-order valence-corrected chi connectivity index (χ0v) is 11.0. The fourth-order valence-corrected chi connectivity index (χ4v) is 1.68. The number of rotatable bonds is 4. The molecule has 0 aromatic heterocycles. The maximum Gasteiger partial charge on any atom is 0.329 e. The van der Waals surface area contributed by atoms with Gasteiger partial charge in [-0.25, -0.2) is 5.43 Å². The summed E-state index contributed by atoms with van der Waals surface area (Å²) in [4.78, 5) is 21.4. The lowest BCUT2D eigenvalue weighted by Gasteiger charge is -2.03. The molecule has 20 heavy (non-hydrogen) atoms. The second-order valence-electron chi connectivity index (χ2n) is 4.34. The molecule has 1 aliphatic heterocycles. The molecular weight excluding hydrogens is 262 g/mol. The first kappa shape index (κ1) is 13.9. The zero-order chi connectivity index (χ0) is 14.5. The van der Waals surface area contributed by atoms with E-state index in [2.05, 4.69) is 10.5 Å². The van der Waals surface area contributed by atoms with Gasteiger partial charge in [0, 0.05) is 5.71 Å². The molecule has 0 saturated carbocycles. The van der Waals surface area contributed by atoms with Gasteiger partial charge in [-0.1, -0.05) is 6.07 Å². The van der Waals surface area contributed by atoms with Crippen LogP contribution in [0.1, 0.15) is 18.9 Å². The van der Waals surface area contributed by atoms with E-state index in [0.717, 1.165) is 23.5 Å². The molecule has 0 spiro atoms. The number of benzene rings is 1. The Morgan fingerprint density at radius 2 is 2.10 bits per heavy atom. The highest BCUT2D eigenvalue weighted by Crippen LogP contribution is 2.32. The van der Waals surface area contributed by atoms with Gasteiger partial charge in [-0.2, -0.15) is 5.10 Å². The molecule has 0 aliphatic carbocycles. The summed E-state index contributed by atoms with van der Waals surface area (Å²) < 4.78 is 10.5. The third kappa shape index (κ3) is 3.47. The molecule has 0 atom stereocenters. The van der Waals surface area contributed by atoms with Crippen LogP contribution in [0.3, 0.4) is 0 Å². The van der Waals surface area contributed by atoms with E-state index in [4.69, 9.17) is 15.2 Å². The van der Waals surface area contributed by atoms with Crippen LogP contribution in [0.15, 0.2) is 23.3 Å². The van der Waals surface area contributed by atoms with Crippen molar-refractivity contribution in [3.8, 4) is 11.5 Å². The van der Waals surface area contributed by atoms with E-state index in [-0.39, 0.29) is 6.79 Å². The average molecular weight is 277 g/mol. The van der Waals surface area contributed by atoms with Gasteiger partial charge in [0.05, 0.1) is 0 Å². The second-order valence-corrected chi connectivity index (χ2v) is 4.34. The van der Waals surface area contributed by atoms with Crippen molar-refractivity contribution in [1.82, 2.24) is 5.43 Å². The topological polar surface area (TPSA) is 103 Å². The summed E-state index contributed by atoms with van der Waals surface area (Å²) in [5.74, 6) is -0.503. The normalized spacial score (nSPS) is 13.2. The predicted molar refractivity (Wildman–Crippen MR) is 71.3 cm³/mol. The van der Waals surface area contributed by atoms with E-state index in [1.165, 1.54) is 0 Å². The summed E-state index contributed by atoms with van der Waals surface area (Å²) in [5, 5.41) is 3.79. The minimum absolute atomic E-state index is 0.248. The van der Waals surface area contributed by atoms with Gasteiger partial charge < -0.3 is 15.2 Å². The molecule has 1 heterocycles. The van der Waals surface area contributed by atoms with Crippen LogP contribution in [0, 0.1) is 0 Å². The Bertz CT molecular complexity index is 569. The fraction of sp³-hybridized carbons (Fsp3) is 0.308. The van der Waals surface area contributed by atoms with E-state index in [1.807, 2.05) is 18.2 Å². The van der Waals surface area contributed by atoms with Crippen LogP contribution < -0.4 is 20.6 Å². The van der Waals surface area contributed by atoms with Gasteiger partial charge in [0.25, 0.3) is 0 Å². The summed E-state index contributed by atoms with van der Waals surface area (Å²) >= 11 is 0. The molecule has 0 fully saturated rings. The monoisotopic (exact) mass is 277 g/mol. The summed E-state index contributed by atoms with van der Waals surface area (Å²) in [6.07, 6.45) is 1.37. The molecule has 3 N–H and O–H groups in total. The fourth-order valence-electron chi connectivity index (χ4n) is 1.68. The van der Waals surface area contributed by atoms with Gasteiger partial charge >= 0.3 is 11.8 Å². The van der Waals surface area contributed by atoms with Gasteiger partial charge in [0.1, 0.15) is 0 Å². The second kappa shape index (κ2) is 6.05. The van der Waals surface area contributed by atoms with E-state index < -0.39 is 11.8 Å². The van der Waals surface area contributed by atoms with Crippen molar-refractivity contribution in [2.45, 2.75) is 19.8 Å². The molecule has 1 aromatic rings. The Labute approximate surface area is 115 Å². The Morgan fingerprint density at radius 3 is 2.85 bits per heavy atom. The number of amides is 2. The molecule has 7 nitrogen and oxygen atoms in total. The highest BCUT2D eigenvalue weighted by atomic mass is 16.7. The van der Waals surface area contributed by atoms with Gasteiger partial charge in [-0.05, 0) is 37.5 Å². The van der Waals surface area contributed by atoms with Crippen LogP contribution >= 0.6 is 0 Å². The van der Waals surface area contributed by atoms with Crippen LogP contribution in [0.25, 0.3) is 0 Å². The van der Waals surface area contributed by atoms with Crippen LogP contribution in [0.5, 0.6) is 11.5 Å². The largest absolute Gasteiger partial charge is 0.454 e. The number of ether oxygens (including phenoxy) is 2. The standard InChI is InChI=1S/C13H15N3O4/c1-8(15-16-13(18)12(14)17)2-3-9-4-5-10-11(6-9)20-7-19-10/h4-6H,2-3,7H2,1H3,(H2,14,17)(H,16,18)/b15-8+. The van der Waals surface area contributed by atoms with E-state index in [0.29, 0.717) is 12.1 Å². The minimum Gasteiger partial charge on any atom is -0.454 e. The van der Waals surface area contributed by atoms with Crippen molar-refractivity contribution in [3.05, 3.63) is 23.8 Å². The number of nitrogens with one attached hydrogen (secondary N) is 1. The van der Waals surface area contributed by atoms with Crippen molar-refractivity contribution in [3.63, 3.8) is 0 Å². The SMILES string of the molecule is C/C(CCc1ccc2c(c1)OCO2)=N\NC(=O)C(N)=O. The molecule has 0 bridgehead atoms. The van der Waals surface area contributed by atoms with Crippen molar-refractivity contribution in [2.24, 2.45) is 10.8 Å². The number of carbonyl (C=O) groups is 2. The maximum atomic E-state index is 10.9. The number of nitrogens with two attached hydrogens (primary N) is 1. The van der Waals surface area contributed by atoms with Crippen molar-refractivity contribution < 1.29 is 19.1 Å². The van der Waals surface area contributed by atoms with Crippen molar-refractivity contribution in [2.75, 3.05) is 6.79 Å². The van der Waals surface area contributed by atoms with Crippen LogP contribution in [-0.2, 0) is 16.0 Å². The number of primary amides is 1. The smallest absolute Gasteiger partial charge is 0.329 e. The highest BCUT2D eigenvalue weighted by molar-refractivity contribution is 6.34. The van der Waals surface area contributed by atoms with Gasteiger partial charge in [-0.15, -0.1) is 0 Å². The maximum absolute atomic E-state index is 10.9. The van der Waals surface area contributed by atoms with Crippen molar-refractivity contribution >= 4 is 17.5 Å². The number of aryl methyl sites for hydroxylation is 1. The van der Waals surface area contributed by atoms with E-state index >= 15 is 0 Å². The summed E-state index contributed by atoms with van der Waals surface area (Å²) in [6, 6.07) is 5.72. The lowest BCUT2D eigenvalue weighted by Crippen LogP contribution is -2.33. The molecule has 1 aromatic carbocycles. The van der Waals surface area contributed by atoms with Gasteiger partial charge in [-0.3, -0.25) is 9.59 Å². The number of hydrogen-bond donors (Lipinski definition) is 2. The lowest BCUT2D eigenvalue weighted by molar-refractivity contribution is -0.137. The summed E-state index contributed by atoms with van der Waals surface area (Å²) in [5.41, 5.74) is 8.65. The molecule has 106 valence electrons. The zero-order valence-electron chi connectivity index (χ0n) is 11.0. The average Bonchev–Trinajstić information content (AvgIpc) is 2.89. The highest BCUT2D eigenvalue weighted by Gasteiger charge is 2.13. The van der Waals surface area contributed by atoms with Crippen LogP contribution in [-0.4, -0.2) is 24.3 Å². The van der Waals surface area contributed by atoms with Crippen LogP contribution in [0.4, 0.5) is 0 Å². The van der Waals surface area contributed by atoms with E-state index in [1.54, 1.807) is 6.92 Å². The molecular formula is C13H15N3O4. The molecule has 0 saturated heterocycles. The predicted octanol–water partition coefficient (Wildman–Crippen LogP) is 0.325. The van der Waals surface area contributed by atoms with Crippen LogP contribution in [0.2, 0.25) is 0 Å². The molecule has 2 amide bonds. The summed E-state index contributed by atoms with van der Waals surface area (Å²) in [7, 11) is 0. The summed E-state index contributed by atoms with van der Waals surface area (Å²) in [6.45, 7) is 2.01. The number of nitrogens with zero attached hydrogens (tertiary/aromatic N) is 1. The Morgan fingerprint density at radius 1 is 1.35 bits per heavy atom. The first-order chi connectivity index (χ1) is 9.56. The van der Waals surface area contributed by atoms with Gasteiger partial charge in [0.15, 0.2) is 11.5 Å². The Kier molecular flexibility index (Phi) is 4.19. The van der Waals surface area contributed by atoms with Crippen molar-refractivity contribution in [1.29, 1.82) is 0 Å². The number of hydrogen-bond acceptors (Lipinski definition) is 5. The molecule has 7 heteroatoms. The molecule has 0 radical (unpaired) electrons. The Balaban J connectivity index is 1.87. The van der Waals surface area contributed by atoms with E-state index in [9.17, 15) is 9.59 Å². The number of fused-ring (bicyclic) bond motifs is 1. The van der Waals surface area contributed by atoms with Gasteiger partial charge in [0.2, 0.25) is 6.79 Å². The molecule has 1 aliphatic rings. The third-order valence-corrected chi connectivity index (χ3v) is 2.78. The Hall–Kier alpha value is -2.57. The number of hydrazone groups is 1. The lowest BCUT2D eigenvalue weighted by atomic mass is 10.1. The minimum atomic E-state index is -1.06. The first-order valence-electron chi connectivity index (χ1n) is 6.07.